The molecule has 4 aromatic carbocycles. The molecule has 0 aliphatic carbocycles. The number of aromatic nitrogens is 2. The Morgan fingerprint density at radius 2 is 1.79 bits per heavy atom. The summed E-state index contributed by atoms with van der Waals surface area (Å²) in [5.74, 6) is -0.772. The Labute approximate surface area is 266 Å². The lowest BCUT2D eigenvalue weighted by molar-refractivity contribution is -0.137. The number of fused-ring (bicyclic) bond motifs is 1. The number of hydrogen-bond donors (Lipinski definition) is 1. The van der Waals surface area contributed by atoms with Gasteiger partial charge in [-0.15, -0.1) is 6.58 Å². The van der Waals surface area contributed by atoms with Gasteiger partial charge < -0.3 is 14.8 Å². The van der Waals surface area contributed by atoms with Crippen LogP contribution in [0.5, 0.6) is 11.5 Å². The van der Waals surface area contributed by atoms with Crippen molar-refractivity contribution >= 4 is 28.7 Å². The van der Waals surface area contributed by atoms with E-state index in [1.165, 1.54) is 36.5 Å². The molecular weight excluding hydrogens is 616 g/mol. The topological polar surface area (TPSA) is 94.8 Å². The molecule has 0 atom stereocenters. The summed E-state index contributed by atoms with van der Waals surface area (Å²) in [5.41, 5.74) is -0.134. The molecule has 0 saturated heterocycles. The average Bonchev–Trinajstić information content (AvgIpc) is 3.05. The van der Waals surface area contributed by atoms with Gasteiger partial charge in [-0.3, -0.25) is 9.59 Å². The molecule has 47 heavy (non-hydrogen) atoms. The van der Waals surface area contributed by atoms with Crippen LogP contribution in [0.25, 0.3) is 22.3 Å². The number of carbonyl (C=O) groups excluding carboxylic acids is 1. The molecular formula is C35H28F4N4O4. The number of carbonyl (C=O) groups is 1. The Morgan fingerprint density at radius 3 is 2.53 bits per heavy atom. The summed E-state index contributed by atoms with van der Waals surface area (Å²) in [6.07, 6.45) is -1.36. The van der Waals surface area contributed by atoms with Crippen molar-refractivity contribution in [3.63, 3.8) is 0 Å². The standard InChI is InChI=1S/C35H28F4N4O4/c1-3-10-23-17-22(18-30(46-4-2)32(23)47-21-31(44)41-29-16-8-6-14-27(29)36)20-40-43-33(24-11-9-12-25(19-24)35(37,38)39)42-28-15-7-5-13-26(28)34(43)45/h3,5-9,11-20H,1,4,10,21H2,2H3,(H,41,44). The van der Waals surface area contributed by atoms with Gasteiger partial charge in [-0.2, -0.15) is 22.9 Å². The van der Waals surface area contributed by atoms with Gasteiger partial charge >= 0.3 is 6.18 Å². The predicted molar refractivity (Wildman–Crippen MR) is 171 cm³/mol. The number of benzene rings is 4. The third-order valence-electron chi connectivity index (χ3n) is 6.84. The van der Waals surface area contributed by atoms with Crippen LogP contribution in [0.15, 0.2) is 107 Å². The van der Waals surface area contributed by atoms with Crippen LogP contribution in [-0.2, 0) is 17.4 Å². The monoisotopic (exact) mass is 644 g/mol. The first-order valence-electron chi connectivity index (χ1n) is 14.4. The van der Waals surface area contributed by atoms with E-state index >= 15 is 0 Å². The van der Waals surface area contributed by atoms with Crippen molar-refractivity contribution in [2.75, 3.05) is 18.5 Å². The summed E-state index contributed by atoms with van der Waals surface area (Å²) in [7, 11) is 0. The van der Waals surface area contributed by atoms with Crippen LogP contribution in [0, 0.1) is 5.82 Å². The van der Waals surface area contributed by atoms with Crippen molar-refractivity contribution in [1.82, 2.24) is 9.66 Å². The number of nitrogens with one attached hydrogen (secondary N) is 1. The van der Waals surface area contributed by atoms with Gasteiger partial charge in [-0.05, 0) is 67.4 Å². The van der Waals surface area contributed by atoms with Crippen molar-refractivity contribution in [3.8, 4) is 22.9 Å². The van der Waals surface area contributed by atoms with Crippen LogP contribution in [0.1, 0.15) is 23.6 Å². The van der Waals surface area contributed by atoms with Gasteiger partial charge in [-0.25, -0.2) is 9.37 Å². The van der Waals surface area contributed by atoms with E-state index in [4.69, 9.17) is 9.47 Å². The first-order valence-corrected chi connectivity index (χ1v) is 14.4. The molecule has 8 nitrogen and oxygen atoms in total. The maximum Gasteiger partial charge on any atom is 0.416 e. The quantitative estimate of drug-likeness (QED) is 0.0929. The van der Waals surface area contributed by atoms with E-state index in [-0.39, 0.29) is 40.6 Å². The number of rotatable bonds is 11. The summed E-state index contributed by atoms with van der Waals surface area (Å²) in [6.45, 7) is 5.32. The largest absolute Gasteiger partial charge is 0.490 e. The summed E-state index contributed by atoms with van der Waals surface area (Å²) in [6, 6.07) is 19.9. The summed E-state index contributed by atoms with van der Waals surface area (Å²) >= 11 is 0. The molecule has 1 aromatic heterocycles. The number of nitrogens with zero attached hydrogens (tertiary/aromatic N) is 3. The van der Waals surface area contributed by atoms with Gasteiger partial charge in [0.1, 0.15) is 5.82 Å². The van der Waals surface area contributed by atoms with Gasteiger partial charge in [-0.1, -0.05) is 42.5 Å². The number of ether oxygens (including phenoxy) is 2. The zero-order chi connectivity index (χ0) is 33.6. The zero-order valence-electron chi connectivity index (χ0n) is 25.1. The van der Waals surface area contributed by atoms with Crippen LogP contribution in [-0.4, -0.2) is 35.0 Å². The Kier molecular flexibility index (Phi) is 9.79. The summed E-state index contributed by atoms with van der Waals surface area (Å²) in [5, 5.41) is 7.05. The predicted octanol–water partition coefficient (Wildman–Crippen LogP) is 7.25. The van der Waals surface area contributed by atoms with E-state index in [9.17, 15) is 27.2 Å². The summed E-state index contributed by atoms with van der Waals surface area (Å²) in [4.78, 5) is 30.6. The molecule has 0 spiro atoms. The summed E-state index contributed by atoms with van der Waals surface area (Å²) < 4.78 is 67.2. The number of para-hydroxylation sites is 2. The van der Waals surface area contributed by atoms with Crippen molar-refractivity contribution in [1.29, 1.82) is 0 Å². The average molecular weight is 645 g/mol. The second-order valence-corrected chi connectivity index (χ2v) is 10.1. The lowest BCUT2D eigenvalue weighted by atomic mass is 10.1. The molecule has 0 saturated carbocycles. The van der Waals surface area contributed by atoms with E-state index < -0.39 is 35.6 Å². The molecule has 12 heteroatoms. The smallest absolute Gasteiger partial charge is 0.416 e. The fraction of sp³-hybridized carbons (Fsp3) is 0.143. The third-order valence-corrected chi connectivity index (χ3v) is 6.84. The minimum absolute atomic E-state index is 0.00642. The lowest BCUT2D eigenvalue weighted by Crippen LogP contribution is -2.21. The fourth-order valence-corrected chi connectivity index (χ4v) is 4.76. The lowest BCUT2D eigenvalue weighted by Gasteiger charge is -2.17. The maximum atomic E-state index is 14.0. The Balaban J connectivity index is 1.53. The number of amides is 1. The van der Waals surface area contributed by atoms with E-state index in [1.54, 1.807) is 55.5 Å². The zero-order valence-corrected chi connectivity index (χ0v) is 25.1. The van der Waals surface area contributed by atoms with E-state index in [0.29, 0.717) is 23.1 Å². The minimum Gasteiger partial charge on any atom is -0.490 e. The van der Waals surface area contributed by atoms with Gasteiger partial charge in [0.2, 0.25) is 0 Å². The molecule has 1 amide bonds. The highest BCUT2D eigenvalue weighted by Crippen LogP contribution is 2.34. The first kappa shape index (κ1) is 32.6. The van der Waals surface area contributed by atoms with Crippen LogP contribution < -0.4 is 20.3 Å². The van der Waals surface area contributed by atoms with Gasteiger partial charge in [0, 0.05) is 11.1 Å². The van der Waals surface area contributed by atoms with E-state index in [2.05, 4.69) is 22.0 Å². The molecule has 0 bridgehead atoms. The Bertz CT molecular complexity index is 2040. The van der Waals surface area contributed by atoms with Crippen molar-refractivity contribution < 1.29 is 31.8 Å². The Hall–Kier alpha value is -5.78. The minimum atomic E-state index is -4.61. The number of alkyl halides is 3. The highest BCUT2D eigenvalue weighted by molar-refractivity contribution is 5.92. The van der Waals surface area contributed by atoms with Gasteiger partial charge in [0.25, 0.3) is 11.5 Å². The molecule has 0 aliphatic rings. The van der Waals surface area contributed by atoms with Gasteiger partial charge in [0.05, 0.1) is 35.0 Å². The highest BCUT2D eigenvalue weighted by atomic mass is 19.4. The Morgan fingerprint density at radius 1 is 1.02 bits per heavy atom. The second kappa shape index (κ2) is 14.1. The highest BCUT2D eigenvalue weighted by Gasteiger charge is 2.31. The fourth-order valence-electron chi connectivity index (χ4n) is 4.76. The van der Waals surface area contributed by atoms with E-state index in [0.717, 1.165) is 16.8 Å². The van der Waals surface area contributed by atoms with Crippen molar-refractivity contribution in [2.24, 2.45) is 5.10 Å². The molecule has 240 valence electrons. The molecule has 0 aliphatic heterocycles. The number of hydrogen-bond acceptors (Lipinski definition) is 6. The third kappa shape index (κ3) is 7.55. The number of halogens is 4. The normalized spacial score (nSPS) is 11.5. The van der Waals surface area contributed by atoms with E-state index in [1.807, 2.05) is 0 Å². The molecule has 0 unspecified atom stereocenters. The molecule has 0 radical (unpaired) electrons. The van der Waals surface area contributed by atoms with Crippen LogP contribution in [0.2, 0.25) is 0 Å². The molecule has 5 rings (SSSR count). The molecule has 1 N–H and O–H groups in total. The SMILES string of the molecule is C=CCc1cc(C=Nn2c(-c3cccc(C(F)(F)F)c3)nc3ccccc3c2=O)cc(OCC)c1OCC(=O)Nc1ccccc1F. The number of allylic oxidation sites excluding steroid dienone is 1. The molecule has 5 aromatic rings. The second-order valence-electron chi connectivity index (χ2n) is 10.1. The van der Waals surface area contributed by atoms with Crippen LogP contribution in [0.3, 0.4) is 0 Å². The molecule has 1 heterocycles. The van der Waals surface area contributed by atoms with Crippen molar-refractivity contribution in [3.05, 3.63) is 130 Å². The number of anilines is 1. The van der Waals surface area contributed by atoms with Gasteiger partial charge in [0.15, 0.2) is 23.9 Å². The van der Waals surface area contributed by atoms with Crippen molar-refractivity contribution in [2.45, 2.75) is 19.5 Å². The van der Waals surface area contributed by atoms with Crippen LogP contribution in [0.4, 0.5) is 23.2 Å². The molecule has 0 fully saturated rings. The van der Waals surface area contributed by atoms with Crippen LogP contribution >= 0.6 is 0 Å². The first-order chi connectivity index (χ1) is 22.6. The maximum absolute atomic E-state index is 14.0.